The molecule has 2 N–H and O–H groups in total. The van der Waals surface area contributed by atoms with E-state index in [0.717, 1.165) is 6.07 Å². The molecule has 0 heterocycles. The molecule has 1 unspecified atom stereocenters. The zero-order valence-corrected chi connectivity index (χ0v) is 12.2. The minimum absolute atomic E-state index is 0.0451. The molecule has 0 fully saturated rings. The topological polar surface area (TPSA) is 58.2 Å². The Morgan fingerprint density at radius 1 is 1.30 bits per heavy atom. The molecule has 0 aromatic heterocycles. The Bertz CT molecular complexity index is 571. The van der Waals surface area contributed by atoms with E-state index in [1.807, 2.05) is 0 Å². The van der Waals surface area contributed by atoms with Crippen LogP contribution in [0.3, 0.4) is 0 Å². The molecule has 1 atom stereocenters. The van der Waals surface area contributed by atoms with Gasteiger partial charge in [-0.25, -0.2) is 8.42 Å². The van der Waals surface area contributed by atoms with Gasteiger partial charge in [0.25, 0.3) is 0 Å². The molecule has 1 rings (SSSR count). The second-order valence-electron chi connectivity index (χ2n) is 4.54. The van der Waals surface area contributed by atoms with Gasteiger partial charge in [0, 0.05) is 12.2 Å². The van der Waals surface area contributed by atoms with E-state index in [1.54, 1.807) is 7.05 Å². The van der Waals surface area contributed by atoms with Crippen LogP contribution in [0.15, 0.2) is 18.2 Å². The third-order valence-corrected chi connectivity index (χ3v) is 4.57. The molecule has 0 amide bonds. The number of nitrogens with one attached hydrogen (secondary N) is 2. The van der Waals surface area contributed by atoms with Gasteiger partial charge in [0.2, 0.25) is 10.0 Å². The first-order valence-corrected chi connectivity index (χ1v) is 7.46. The Balaban J connectivity index is 3.06. The molecule has 0 aliphatic carbocycles. The van der Waals surface area contributed by atoms with E-state index in [4.69, 9.17) is 0 Å². The number of alkyl halides is 3. The van der Waals surface area contributed by atoms with E-state index in [1.165, 1.54) is 26.0 Å². The molecular weight excluding hydrogens is 293 g/mol. The Morgan fingerprint density at radius 2 is 1.90 bits per heavy atom. The van der Waals surface area contributed by atoms with Crippen molar-refractivity contribution in [1.29, 1.82) is 0 Å². The number of aryl methyl sites for hydroxylation is 1. The third kappa shape index (κ3) is 4.11. The van der Waals surface area contributed by atoms with Crippen molar-refractivity contribution in [3.63, 3.8) is 0 Å². The normalized spacial score (nSPS) is 14.1. The van der Waals surface area contributed by atoms with Crippen molar-refractivity contribution in [2.45, 2.75) is 25.3 Å². The van der Waals surface area contributed by atoms with Gasteiger partial charge < -0.3 is 5.32 Å². The highest BCUT2D eigenvalue weighted by molar-refractivity contribution is 7.93. The average molecular weight is 310 g/mol. The molecule has 1 aromatic carbocycles. The number of sulfonamides is 1. The predicted octanol–water partition coefficient (Wildman–Crippen LogP) is 2.36. The molecule has 20 heavy (non-hydrogen) atoms. The van der Waals surface area contributed by atoms with Crippen molar-refractivity contribution >= 4 is 15.7 Å². The average Bonchev–Trinajstić information content (AvgIpc) is 2.30. The van der Waals surface area contributed by atoms with Crippen LogP contribution in [-0.4, -0.2) is 27.3 Å². The van der Waals surface area contributed by atoms with Crippen LogP contribution in [0.2, 0.25) is 0 Å². The summed E-state index contributed by atoms with van der Waals surface area (Å²) in [6, 6.07) is 3.36. The number of hydrogen-bond donors (Lipinski definition) is 2. The summed E-state index contributed by atoms with van der Waals surface area (Å²) in [6.45, 7) is 3.00. The molecule has 0 bridgehead atoms. The van der Waals surface area contributed by atoms with Crippen LogP contribution in [-0.2, 0) is 16.2 Å². The molecule has 0 saturated carbocycles. The van der Waals surface area contributed by atoms with Crippen molar-refractivity contribution in [3.8, 4) is 0 Å². The van der Waals surface area contributed by atoms with Gasteiger partial charge in [-0.2, -0.15) is 13.2 Å². The van der Waals surface area contributed by atoms with Crippen LogP contribution in [0.5, 0.6) is 0 Å². The van der Waals surface area contributed by atoms with E-state index in [0.29, 0.717) is 0 Å². The monoisotopic (exact) mass is 310 g/mol. The summed E-state index contributed by atoms with van der Waals surface area (Å²) in [5.41, 5.74) is -0.895. The first kappa shape index (κ1) is 16.8. The summed E-state index contributed by atoms with van der Waals surface area (Å²) in [4.78, 5) is 0. The van der Waals surface area contributed by atoms with E-state index < -0.39 is 27.0 Å². The second-order valence-corrected chi connectivity index (χ2v) is 6.64. The van der Waals surface area contributed by atoms with Crippen LogP contribution in [0.4, 0.5) is 18.9 Å². The summed E-state index contributed by atoms with van der Waals surface area (Å²) < 4.78 is 64.2. The fourth-order valence-electron chi connectivity index (χ4n) is 1.65. The fraction of sp³-hybridized carbons (Fsp3) is 0.500. The van der Waals surface area contributed by atoms with Gasteiger partial charge in [-0.3, -0.25) is 4.72 Å². The number of hydrogen-bond acceptors (Lipinski definition) is 3. The number of benzene rings is 1. The molecule has 0 radical (unpaired) electrons. The summed E-state index contributed by atoms with van der Waals surface area (Å²) in [6.07, 6.45) is -4.51. The van der Waals surface area contributed by atoms with Crippen molar-refractivity contribution in [2.24, 2.45) is 0 Å². The number of anilines is 1. The van der Waals surface area contributed by atoms with Crippen LogP contribution >= 0.6 is 0 Å². The van der Waals surface area contributed by atoms with E-state index >= 15 is 0 Å². The fourth-order valence-corrected chi connectivity index (χ4v) is 2.70. The molecule has 0 spiro atoms. The lowest BCUT2D eigenvalue weighted by Gasteiger charge is -2.16. The lowest BCUT2D eigenvalue weighted by molar-refractivity contribution is -0.138. The minimum Gasteiger partial charge on any atom is -0.318 e. The molecule has 0 saturated heterocycles. The van der Waals surface area contributed by atoms with Gasteiger partial charge >= 0.3 is 6.18 Å². The largest absolute Gasteiger partial charge is 0.416 e. The quantitative estimate of drug-likeness (QED) is 0.878. The maximum absolute atomic E-state index is 12.8. The van der Waals surface area contributed by atoms with Crippen LogP contribution in [0, 0.1) is 6.92 Å². The van der Waals surface area contributed by atoms with Crippen molar-refractivity contribution < 1.29 is 21.6 Å². The zero-order valence-electron chi connectivity index (χ0n) is 11.4. The van der Waals surface area contributed by atoms with Gasteiger partial charge in [-0.15, -0.1) is 0 Å². The second kappa shape index (κ2) is 6.01. The maximum atomic E-state index is 12.8. The minimum atomic E-state index is -4.51. The molecule has 4 nitrogen and oxygen atoms in total. The van der Waals surface area contributed by atoms with Crippen LogP contribution in [0.1, 0.15) is 18.1 Å². The zero-order chi connectivity index (χ0) is 15.6. The lowest BCUT2D eigenvalue weighted by Crippen LogP contribution is -2.33. The number of rotatable bonds is 5. The summed E-state index contributed by atoms with van der Waals surface area (Å²) in [5, 5.41) is 1.94. The Morgan fingerprint density at radius 3 is 2.40 bits per heavy atom. The summed E-state index contributed by atoms with van der Waals surface area (Å²) >= 11 is 0. The molecular formula is C12H17F3N2O2S. The smallest absolute Gasteiger partial charge is 0.318 e. The van der Waals surface area contributed by atoms with Crippen molar-refractivity contribution in [1.82, 2.24) is 5.32 Å². The summed E-state index contributed by atoms with van der Waals surface area (Å²) in [5.74, 6) is 0. The standard InChI is InChI=1S/C12H17F3N2O2S/c1-8-4-5-10(6-11(8)12(13,14)15)17-20(18,19)9(2)7-16-3/h4-6,9,16-17H,7H2,1-3H3. The van der Waals surface area contributed by atoms with Gasteiger partial charge in [0.1, 0.15) is 0 Å². The lowest BCUT2D eigenvalue weighted by atomic mass is 10.1. The van der Waals surface area contributed by atoms with Crippen LogP contribution < -0.4 is 10.0 Å². The number of halogens is 3. The molecule has 114 valence electrons. The first-order valence-electron chi connectivity index (χ1n) is 5.92. The Kier molecular flexibility index (Phi) is 5.04. The highest BCUT2D eigenvalue weighted by Crippen LogP contribution is 2.33. The molecule has 0 aliphatic heterocycles. The predicted molar refractivity (Wildman–Crippen MR) is 72.1 cm³/mol. The Hall–Kier alpha value is -1.28. The summed E-state index contributed by atoms with van der Waals surface area (Å²) in [7, 11) is -2.13. The highest BCUT2D eigenvalue weighted by Gasteiger charge is 2.33. The van der Waals surface area contributed by atoms with Crippen LogP contribution in [0.25, 0.3) is 0 Å². The Labute approximate surface area is 116 Å². The van der Waals surface area contributed by atoms with Gasteiger partial charge in [0.05, 0.1) is 10.8 Å². The van der Waals surface area contributed by atoms with Gasteiger partial charge in [0.15, 0.2) is 0 Å². The van der Waals surface area contributed by atoms with E-state index in [9.17, 15) is 21.6 Å². The van der Waals surface area contributed by atoms with Gasteiger partial charge in [-0.1, -0.05) is 6.07 Å². The van der Waals surface area contributed by atoms with Gasteiger partial charge in [-0.05, 0) is 38.6 Å². The highest BCUT2D eigenvalue weighted by atomic mass is 32.2. The maximum Gasteiger partial charge on any atom is 0.416 e. The molecule has 1 aromatic rings. The van der Waals surface area contributed by atoms with Crippen molar-refractivity contribution in [2.75, 3.05) is 18.3 Å². The SMILES string of the molecule is CNCC(C)S(=O)(=O)Nc1ccc(C)c(C(F)(F)F)c1. The van der Waals surface area contributed by atoms with Crippen molar-refractivity contribution in [3.05, 3.63) is 29.3 Å². The third-order valence-electron chi connectivity index (χ3n) is 2.82. The van der Waals surface area contributed by atoms with E-state index in [2.05, 4.69) is 10.0 Å². The molecule has 0 aliphatic rings. The molecule has 8 heteroatoms. The van der Waals surface area contributed by atoms with E-state index in [-0.39, 0.29) is 17.8 Å². The first-order chi connectivity index (χ1) is 9.08.